The lowest BCUT2D eigenvalue weighted by Crippen LogP contribution is -2.54. The molecule has 7 heteroatoms. The Bertz CT molecular complexity index is 639. The van der Waals surface area contributed by atoms with E-state index in [1.165, 1.54) is 13.8 Å². The molecule has 0 aliphatic carbocycles. The fourth-order valence-corrected chi connectivity index (χ4v) is 2.04. The number of carbonyl (C=O) groups is 3. The van der Waals surface area contributed by atoms with Crippen molar-refractivity contribution in [3.63, 3.8) is 0 Å². The standard InChI is InChI=1S/C18H26N4O3/c1-18(2,17(20)25)22-16(24)14(10-6-7-11-19)21-15(23)12-13-8-4-3-5-9-13/h3-5,8-9H,6-7,10-12,19H2,1-2H3,(H2,20,25)(H,22,24). The fourth-order valence-electron chi connectivity index (χ4n) is 2.04. The number of carbonyl (C=O) groups excluding carboxylic acids is 3. The van der Waals surface area contributed by atoms with Crippen LogP contribution in [0.25, 0.3) is 0 Å². The monoisotopic (exact) mass is 346 g/mol. The van der Waals surface area contributed by atoms with E-state index in [9.17, 15) is 14.4 Å². The highest BCUT2D eigenvalue weighted by Crippen LogP contribution is 2.06. The molecule has 0 bridgehead atoms. The number of primary amides is 1. The van der Waals surface area contributed by atoms with E-state index < -0.39 is 23.3 Å². The van der Waals surface area contributed by atoms with E-state index in [-0.39, 0.29) is 12.1 Å². The SMILES string of the molecule is CC(C)(NC(=O)C(CCCCN)=NC(=O)Cc1ccccc1)C(N)=O. The Balaban J connectivity index is 2.88. The lowest BCUT2D eigenvalue weighted by Gasteiger charge is -2.22. The van der Waals surface area contributed by atoms with Crippen LogP contribution >= 0.6 is 0 Å². The summed E-state index contributed by atoms with van der Waals surface area (Å²) in [4.78, 5) is 39.9. The number of rotatable bonds is 9. The number of nitrogens with two attached hydrogens (primary N) is 2. The van der Waals surface area contributed by atoms with Crippen molar-refractivity contribution in [2.24, 2.45) is 16.5 Å². The van der Waals surface area contributed by atoms with E-state index in [4.69, 9.17) is 11.5 Å². The molecule has 0 unspecified atom stereocenters. The van der Waals surface area contributed by atoms with Crippen LogP contribution in [-0.2, 0) is 20.8 Å². The number of unbranched alkanes of at least 4 members (excludes halogenated alkanes) is 1. The average molecular weight is 346 g/mol. The van der Waals surface area contributed by atoms with Gasteiger partial charge in [0.15, 0.2) is 0 Å². The smallest absolute Gasteiger partial charge is 0.266 e. The summed E-state index contributed by atoms with van der Waals surface area (Å²) in [5.41, 5.74) is 10.4. The first-order valence-corrected chi connectivity index (χ1v) is 8.23. The third kappa shape index (κ3) is 7.26. The fraction of sp³-hybridized carbons (Fsp3) is 0.444. The Morgan fingerprint density at radius 3 is 2.32 bits per heavy atom. The maximum atomic E-state index is 12.4. The van der Waals surface area contributed by atoms with Gasteiger partial charge >= 0.3 is 0 Å². The first-order valence-electron chi connectivity index (χ1n) is 8.23. The summed E-state index contributed by atoms with van der Waals surface area (Å²) < 4.78 is 0. The maximum absolute atomic E-state index is 12.4. The van der Waals surface area contributed by atoms with Gasteiger partial charge in [0.2, 0.25) is 5.91 Å². The molecule has 0 saturated heterocycles. The molecule has 0 aromatic heterocycles. The van der Waals surface area contributed by atoms with Gasteiger partial charge in [-0.2, -0.15) is 0 Å². The zero-order valence-corrected chi connectivity index (χ0v) is 14.7. The minimum absolute atomic E-state index is 0.0868. The third-order valence-electron chi connectivity index (χ3n) is 3.63. The van der Waals surface area contributed by atoms with Gasteiger partial charge in [0, 0.05) is 0 Å². The van der Waals surface area contributed by atoms with E-state index in [0.717, 1.165) is 5.56 Å². The van der Waals surface area contributed by atoms with E-state index in [0.29, 0.717) is 25.8 Å². The van der Waals surface area contributed by atoms with Crippen LogP contribution in [-0.4, -0.2) is 35.5 Å². The van der Waals surface area contributed by atoms with Gasteiger partial charge in [-0.3, -0.25) is 14.4 Å². The minimum Gasteiger partial charge on any atom is -0.368 e. The molecule has 0 aliphatic heterocycles. The van der Waals surface area contributed by atoms with Crippen LogP contribution in [0.3, 0.4) is 0 Å². The first-order chi connectivity index (χ1) is 11.8. The van der Waals surface area contributed by atoms with Crippen LogP contribution in [0.1, 0.15) is 38.7 Å². The zero-order chi connectivity index (χ0) is 18.9. The molecule has 5 N–H and O–H groups in total. The first kappa shape index (κ1) is 20.5. The molecule has 7 nitrogen and oxygen atoms in total. The van der Waals surface area contributed by atoms with Gasteiger partial charge in [-0.25, -0.2) is 4.99 Å². The van der Waals surface area contributed by atoms with Gasteiger partial charge < -0.3 is 16.8 Å². The van der Waals surface area contributed by atoms with Crippen LogP contribution in [0.2, 0.25) is 0 Å². The number of nitrogens with zero attached hydrogens (tertiary/aromatic N) is 1. The third-order valence-corrected chi connectivity index (χ3v) is 3.63. The van der Waals surface area contributed by atoms with Crippen molar-refractivity contribution in [3.8, 4) is 0 Å². The summed E-state index contributed by atoms with van der Waals surface area (Å²) >= 11 is 0. The van der Waals surface area contributed by atoms with Crippen LogP contribution < -0.4 is 16.8 Å². The summed E-state index contributed by atoms with van der Waals surface area (Å²) in [7, 11) is 0. The average Bonchev–Trinajstić information content (AvgIpc) is 2.54. The maximum Gasteiger partial charge on any atom is 0.266 e. The van der Waals surface area contributed by atoms with Gasteiger partial charge in [-0.05, 0) is 45.2 Å². The normalized spacial score (nSPS) is 11.9. The Labute approximate surface area is 147 Å². The predicted molar refractivity (Wildman–Crippen MR) is 96.9 cm³/mol. The van der Waals surface area contributed by atoms with Gasteiger partial charge in [-0.15, -0.1) is 0 Å². The Kier molecular flexibility index (Phi) is 7.94. The Morgan fingerprint density at radius 1 is 1.12 bits per heavy atom. The van der Waals surface area contributed by atoms with Crippen molar-refractivity contribution < 1.29 is 14.4 Å². The van der Waals surface area contributed by atoms with E-state index in [1.807, 2.05) is 30.3 Å². The van der Waals surface area contributed by atoms with Gasteiger partial charge in [0.05, 0.1) is 6.42 Å². The molecule has 1 aromatic carbocycles. The van der Waals surface area contributed by atoms with Crippen molar-refractivity contribution in [3.05, 3.63) is 35.9 Å². The summed E-state index contributed by atoms with van der Waals surface area (Å²) in [6.45, 7) is 3.48. The number of nitrogens with one attached hydrogen (secondary N) is 1. The minimum atomic E-state index is -1.23. The molecule has 3 amide bonds. The van der Waals surface area contributed by atoms with Gasteiger partial charge in [0.1, 0.15) is 11.3 Å². The quantitative estimate of drug-likeness (QED) is 0.449. The second kappa shape index (κ2) is 9.68. The topological polar surface area (TPSA) is 128 Å². The number of benzene rings is 1. The van der Waals surface area contributed by atoms with Crippen molar-refractivity contribution >= 4 is 23.4 Å². The van der Waals surface area contributed by atoms with Crippen LogP contribution in [0.5, 0.6) is 0 Å². The molecule has 0 fully saturated rings. The van der Waals surface area contributed by atoms with Gasteiger partial charge in [0.25, 0.3) is 11.8 Å². The zero-order valence-electron chi connectivity index (χ0n) is 14.7. The second-order valence-electron chi connectivity index (χ2n) is 6.30. The number of hydrogen-bond acceptors (Lipinski definition) is 4. The van der Waals surface area contributed by atoms with Crippen molar-refractivity contribution in [1.29, 1.82) is 0 Å². The molecule has 0 atom stereocenters. The van der Waals surface area contributed by atoms with E-state index in [1.54, 1.807) is 0 Å². The number of amides is 3. The van der Waals surface area contributed by atoms with Crippen molar-refractivity contribution in [1.82, 2.24) is 5.32 Å². The number of aliphatic imine (C=N–C) groups is 1. The van der Waals surface area contributed by atoms with Crippen LogP contribution in [0.4, 0.5) is 0 Å². The molecule has 0 radical (unpaired) electrons. The summed E-state index contributed by atoms with van der Waals surface area (Å²) in [5, 5.41) is 2.52. The molecule has 25 heavy (non-hydrogen) atoms. The molecule has 1 aromatic rings. The highest BCUT2D eigenvalue weighted by Gasteiger charge is 2.28. The molecule has 1 rings (SSSR count). The molecule has 136 valence electrons. The number of hydrogen-bond donors (Lipinski definition) is 3. The summed E-state index contributed by atoms with van der Waals surface area (Å²) in [6, 6.07) is 9.15. The van der Waals surface area contributed by atoms with Crippen molar-refractivity contribution in [2.45, 2.75) is 45.1 Å². The predicted octanol–water partition coefficient (Wildman–Crippen LogP) is 0.706. The molecule has 0 saturated carbocycles. The Morgan fingerprint density at radius 2 is 1.76 bits per heavy atom. The van der Waals surface area contributed by atoms with Gasteiger partial charge in [-0.1, -0.05) is 30.3 Å². The summed E-state index contributed by atoms with van der Waals surface area (Å²) in [5.74, 6) is -1.65. The highest BCUT2D eigenvalue weighted by molar-refractivity contribution is 6.40. The van der Waals surface area contributed by atoms with E-state index >= 15 is 0 Å². The molecule has 0 aliphatic rings. The second-order valence-corrected chi connectivity index (χ2v) is 6.30. The van der Waals surface area contributed by atoms with Crippen LogP contribution in [0.15, 0.2) is 35.3 Å². The highest BCUT2D eigenvalue weighted by atomic mass is 16.2. The van der Waals surface area contributed by atoms with E-state index in [2.05, 4.69) is 10.3 Å². The molecular formula is C18H26N4O3. The summed E-state index contributed by atoms with van der Waals surface area (Å²) in [6.07, 6.45) is 1.74. The van der Waals surface area contributed by atoms with Crippen molar-refractivity contribution in [2.75, 3.05) is 6.54 Å². The molecular weight excluding hydrogens is 320 g/mol. The lowest BCUT2D eigenvalue weighted by molar-refractivity contribution is -0.127. The molecule has 0 spiro atoms. The Hall–Kier alpha value is -2.54. The molecule has 0 heterocycles. The lowest BCUT2D eigenvalue weighted by atomic mass is 10.0. The largest absolute Gasteiger partial charge is 0.368 e. The van der Waals surface area contributed by atoms with Crippen LogP contribution in [0, 0.1) is 0 Å².